The minimum atomic E-state index is 0.136. The van der Waals surface area contributed by atoms with E-state index in [1.165, 1.54) is 17.4 Å². The lowest BCUT2D eigenvalue weighted by Gasteiger charge is -2.36. The molecule has 0 spiro atoms. The van der Waals surface area contributed by atoms with Gasteiger partial charge >= 0.3 is 0 Å². The van der Waals surface area contributed by atoms with Crippen molar-refractivity contribution in [3.63, 3.8) is 0 Å². The van der Waals surface area contributed by atoms with Crippen molar-refractivity contribution in [3.8, 4) is 0 Å². The zero-order chi connectivity index (χ0) is 33.8. The number of nitrogens with two attached hydrogens (primary N) is 1. The van der Waals surface area contributed by atoms with Crippen LogP contribution in [0.1, 0.15) is 32.0 Å². The molecule has 1 aliphatic heterocycles. The summed E-state index contributed by atoms with van der Waals surface area (Å²) in [6.45, 7) is 13.3. The van der Waals surface area contributed by atoms with Gasteiger partial charge in [0.15, 0.2) is 5.12 Å². The maximum absolute atomic E-state index is 11.1. The molecule has 1 aromatic carbocycles. The number of thioether (sulfide) groups is 1. The number of piperazine rings is 1. The molecule has 1 saturated heterocycles. The number of ether oxygens (including phenoxy) is 6. The van der Waals surface area contributed by atoms with Crippen molar-refractivity contribution in [1.29, 1.82) is 0 Å². The summed E-state index contributed by atoms with van der Waals surface area (Å²) in [4.78, 5) is 28.9. The minimum Gasteiger partial charge on any atom is -0.382 e. The second-order valence-corrected chi connectivity index (χ2v) is 12.4. The molecule has 2 aromatic heterocycles. The van der Waals surface area contributed by atoms with Crippen LogP contribution in [-0.4, -0.2) is 143 Å². The SMILES string of the molecule is CCCCc1nc2c([nH]1)c(N)nc1ccc(N3CCN(CCOCCOCCOCCOCCOCCOCCC(=O)SC)CC3)cc12. The molecular weight excluding hydrogens is 636 g/mol. The molecule has 268 valence electrons. The Morgan fingerprint density at radius 1 is 0.833 bits per heavy atom. The standard InChI is InChI=1S/C34H54N6O7S/c1-3-4-5-30-37-32-28-26-27(6-7-29(28)36-34(35)33(32)38-30)40-11-9-39(10-12-40)13-15-43-17-19-45-21-23-47-25-24-46-22-20-44-18-16-42-14-8-31(41)48-2/h6-7,26H,3-5,8-25H2,1-2H3,(H2,35,36)(H,37,38). The Balaban J connectivity index is 0.973. The highest BCUT2D eigenvalue weighted by atomic mass is 32.2. The first-order valence-corrected chi connectivity index (χ1v) is 18.4. The van der Waals surface area contributed by atoms with Gasteiger partial charge in [-0.05, 0) is 30.9 Å². The molecule has 13 nitrogen and oxygen atoms in total. The molecule has 0 amide bonds. The van der Waals surface area contributed by atoms with Crippen LogP contribution in [0.2, 0.25) is 0 Å². The molecule has 3 aromatic rings. The Labute approximate surface area is 288 Å². The zero-order valence-electron chi connectivity index (χ0n) is 28.7. The molecule has 0 saturated carbocycles. The predicted molar refractivity (Wildman–Crippen MR) is 191 cm³/mol. The van der Waals surface area contributed by atoms with E-state index in [9.17, 15) is 4.79 Å². The number of carbonyl (C=O) groups excluding carboxylic acids is 1. The summed E-state index contributed by atoms with van der Waals surface area (Å²) in [6.07, 6.45) is 5.34. The third-order valence-electron chi connectivity index (χ3n) is 8.08. The summed E-state index contributed by atoms with van der Waals surface area (Å²) in [5, 5.41) is 1.18. The largest absolute Gasteiger partial charge is 0.382 e. The fraction of sp³-hybridized carbons (Fsp3) is 0.676. The monoisotopic (exact) mass is 690 g/mol. The molecule has 14 heteroatoms. The van der Waals surface area contributed by atoms with Crippen LogP contribution in [0.3, 0.4) is 0 Å². The normalized spacial score (nSPS) is 14.1. The average Bonchev–Trinajstić information content (AvgIpc) is 3.55. The van der Waals surface area contributed by atoms with E-state index in [1.54, 1.807) is 6.26 Å². The van der Waals surface area contributed by atoms with Crippen molar-refractivity contribution in [2.75, 3.05) is 129 Å². The first kappa shape index (κ1) is 38.2. The second-order valence-electron chi connectivity index (χ2n) is 11.5. The number of hydrogen-bond donors (Lipinski definition) is 2. The molecule has 0 radical (unpaired) electrons. The van der Waals surface area contributed by atoms with Crippen LogP contribution in [0.15, 0.2) is 18.2 Å². The van der Waals surface area contributed by atoms with Crippen molar-refractivity contribution in [2.45, 2.75) is 32.6 Å². The molecule has 3 N–H and O–H groups in total. The summed E-state index contributed by atoms with van der Waals surface area (Å²) < 4.78 is 33.2. The Kier molecular flexibility index (Phi) is 17.7. The Morgan fingerprint density at radius 2 is 1.42 bits per heavy atom. The number of pyridine rings is 1. The fourth-order valence-corrected chi connectivity index (χ4v) is 5.63. The van der Waals surface area contributed by atoms with Gasteiger partial charge in [-0.2, -0.15) is 0 Å². The molecule has 0 bridgehead atoms. The highest BCUT2D eigenvalue weighted by Crippen LogP contribution is 2.30. The number of nitrogens with one attached hydrogen (secondary N) is 1. The zero-order valence-corrected chi connectivity index (χ0v) is 29.5. The van der Waals surface area contributed by atoms with Gasteiger partial charge in [-0.15, -0.1) is 0 Å². The van der Waals surface area contributed by atoms with Crippen molar-refractivity contribution in [1.82, 2.24) is 19.9 Å². The third-order valence-corrected chi connectivity index (χ3v) is 8.74. The van der Waals surface area contributed by atoms with Crippen LogP contribution in [0.25, 0.3) is 21.9 Å². The third kappa shape index (κ3) is 13.0. The number of carbonyl (C=O) groups is 1. The number of benzene rings is 1. The molecule has 1 fully saturated rings. The van der Waals surface area contributed by atoms with Gasteiger partial charge in [0.05, 0.1) is 84.8 Å². The van der Waals surface area contributed by atoms with E-state index >= 15 is 0 Å². The molecule has 1 aliphatic rings. The number of aromatic nitrogens is 3. The summed E-state index contributed by atoms with van der Waals surface area (Å²) in [6, 6.07) is 6.41. The van der Waals surface area contributed by atoms with Gasteiger partial charge in [0, 0.05) is 56.6 Å². The van der Waals surface area contributed by atoms with Crippen LogP contribution in [0.5, 0.6) is 0 Å². The number of nitrogen functional groups attached to an aromatic ring is 1. The van der Waals surface area contributed by atoms with Gasteiger partial charge < -0.3 is 44.0 Å². The number of aryl methyl sites for hydroxylation is 1. The van der Waals surface area contributed by atoms with Crippen LogP contribution < -0.4 is 10.6 Å². The maximum atomic E-state index is 11.1. The maximum Gasteiger partial charge on any atom is 0.190 e. The Bertz CT molecular complexity index is 1350. The van der Waals surface area contributed by atoms with Gasteiger partial charge in [-0.3, -0.25) is 9.69 Å². The fourth-order valence-electron chi connectivity index (χ4n) is 5.34. The highest BCUT2D eigenvalue weighted by Gasteiger charge is 2.19. The Morgan fingerprint density at radius 3 is 2.00 bits per heavy atom. The first-order chi connectivity index (χ1) is 23.6. The van der Waals surface area contributed by atoms with E-state index in [2.05, 4.69) is 44.9 Å². The lowest BCUT2D eigenvalue weighted by Crippen LogP contribution is -2.47. The average molecular weight is 691 g/mol. The Hall–Kier alpha value is -2.56. The van der Waals surface area contributed by atoms with Gasteiger partial charge in [-0.25, -0.2) is 9.97 Å². The lowest BCUT2D eigenvalue weighted by molar-refractivity contribution is -0.112. The van der Waals surface area contributed by atoms with E-state index in [0.29, 0.717) is 91.5 Å². The van der Waals surface area contributed by atoms with Crippen LogP contribution in [0.4, 0.5) is 11.5 Å². The number of H-pyrrole nitrogens is 1. The van der Waals surface area contributed by atoms with Gasteiger partial charge in [0.1, 0.15) is 22.7 Å². The second kappa shape index (κ2) is 22.2. The summed E-state index contributed by atoms with van der Waals surface area (Å²) >= 11 is 1.22. The number of imidazole rings is 1. The number of aromatic amines is 1. The van der Waals surface area contributed by atoms with Crippen LogP contribution in [0, 0.1) is 0 Å². The number of nitrogens with zero attached hydrogens (tertiary/aromatic N) is 4. The molecule has 0 atom stereocenters. The van der Waals surface area contributed by atoms with Crippen molar-refractivity contribution < 1.29 is 33.2 Å². The summed E-state index contributed by atoms with van der Waals surface area (Å²) in [5.41, 5.74) is 10.1. The molecule has 0 aliphatic carbocycles. The van der Waals surface area contributed by atoms with Crippen LogP contribution >= 0.6 is 11.8 Å². The minimum absolute atomic E-state index is 0.136. The number of hydrogen-bond acceptors (Lipinski definition) is 13. The molecule has 4 rings (SSSR count). The quantitative estimate of drug-likeness (QED) is 0.125. The van der Waals surface area contributed by atoms with E-state index in [4.69, 9.17) is 39.1 Å². The predicted octanol–water partition coefficient (Wildman–Crippen LogP) is 3.54. The lowest BCUT2D eigenvalue weighted by atomic mass is 10.1. The first-order valence-electron chi connectivity index (χ1n) is 17.2. The smallest absolute Gasteiger partial charge is 0.190 e. The topological polar surface area (TPSA) is 147 Å². The van der Waals surface area contributed by atoms with Gasteiger partial charge in [-0.1, -0.05) is 25.1 Å². The van der Waals surface area contributed by atoms with E-state index < -0.39 is 0 Å². The molecular formula is C34H54N6O7S. The van der Waals surface area contributed by atoms with E-state index in [-0.39, 0.29) is 5.12 Å². The molecule has 0 unspecified atom stereocenters. The summed E-state index contributed by atoms with van der Waals surface area (Å²) in [7, 11) is 0. The number of rotatable bonds is 25. The van der Waals surface area contributed by atoms with Crippen molar-refractivity contribution in [2.24, 2.45) is 0 Å². The van der Waals surface area contributed by atoms with Crippen LogP contribution in [-0.2, 0) is 39.6 Å². The van der Waals surface area contributed by atoms with E-state index in [1.807, 2.05) is 0 Å². The van der Waals surface area contributed by atoms with Gasteiger partial charge in [0.25, 0.3) is 0 Å². The number of unbranched alkanes of at least 4 members (excludes halogenated alkanes) is 1. The van der Waals surface area contributed by atoms with Crippen molar-refractivity contribution >= 4 is 50.3 Å². The number of anilines is 2. The summed E-state index contributed by atoms with van der Waals surface area (Å²) in [5.74, 6) is 1.48. The number of fused-ring (bicyclic) bond motifs is 3. The van der Waals surface area contributed by atoms with E-state index in [0.717, 1.165) is 79.7 Å². The van der Waals surface area contributed by atoms with Crippen molar-refractivity contribution in [3.05, 3.63) is 24.0 Å². The molecule has 3 heterocycles. The highest BCUT2D eigenvalue weighted by molar-refractivity contribution is 8.13. The van der Waals surface area contributed by atoms with Gasteiger partial charge in [0.2, 0.25) is 0 Å². The molecule has 48 heavy (non-hydrogen) atoms.